The first kappa shape index (κ1) is 18.7. The molecule has 1 saturated heterocycles. The van der Waals surface area contributed by atoms with Gasteiger partial charge in [0.1, 0.15) is 11.6 Å². The summed E-state index contributed by atoms with van der Waals surface area (Å²) in [5.41, 5.74) is 1.73. The number of carbonyl (C=O) groups is 1. The number of anilines is 2. The van der Waals surface area contributed by atoms with E-state index < -0.39 is 0 Å². The predicted octanol–water partition coefficient (Wildman–Crippen LogP) is 1.91. The van der Waals surface area contributed by atoms with E-state index in [4.69, 9.17) is 9.62 Å². The van der Waals surface area contributed by atoms with Gasteiger partial charge in [0.15, 0.2) is 17.3 Å². The average Bonchev–Trinajstić information content (AvgIpc) is 3.49. The van der Waals surface area contributed by atoms with Crippen molar-refractivity contribution in [3.63, 3.8) is 0 Å². The SMILES string of the molecule is Cc1cc(NC(=O)CN2CCN(c3ccc4nnc(-c5ccsc5)n4n3)CC2)no1. The van der Waals surface area contributed by atoms with Crippen LogP contribution in [0.3, 0.4) is 0 Å². The maximum Gasteiger partial charge on any atom is 0.239 e. The number of nitrogens with one attached hydrogen (secondary N) is 1. The van der Waals surface area contributed by atoms with E-state index in [1.165, 1.54) is 0 Å². The molecule has 0 aromatic carbocycles. The van der Waals surface area contributed by atoms with Gasteiger partial charge in [-0.15, -0.1) is 15.3 Å². The molecule has 0 radical (unpaired) electrons. The third-order valence-corrected chi connectivity index (χ3v) is 5.67. The molecule has 1 aliphatic rings. The van der Waals surface area contributed by atoms with E-state index in [0.717, 1.165) is 49.0 Å². The number of rotatable bonds is 5. The minimum atomic E-state index is -0.0961. The minimum Gasteiger partial charge on any atom is -0.360 e. The third kappa shape index (κ3) is 3.76. The summed E-state index contributed by atoms with van der Waals surface area (Å²) in [5, 5.41) is 23.9. The van der Waals surface area contributed by atoms with Crippen LogP contribution in [0.2, 0.25) is 0 Å². The highest BCUT2D eigenvalue weighted by Gasteiger charge is 2.21. The summed E-state index contributed by atoms with van der Waals surface area (Å²) >= 11 is 1.62. The van der Waals surface area contributed by atoms with Gasteiger partial charge in [-0.3, -0.25) is 9.69 Å². The Morgan fingerprint density at radius 3 is 2.80 bits per heavy atom. The molecule has 4 aromatic heterocycles. The number of aromatic nitrogens is 5. The zero-order valence-electron chi connectivity index (χ0n) is 16.4. The number of amides is 1. The fraction of sp³-hybridized carbons (Fsp3) is 0.316. The van der Waals surface area contributed by atoms with Crippen molar-refractivity contribution in [1.29, 1.82) is 0 Å². The van der Waals surface area contributed by atoms with Crippen molar-refractivity contribution in [1.82, 2.24) is 29.9 Å². The summed E-state index contributed by atoms with van der Waals surface area (Å²) < 4.78 is 6.76. The van der Waals surface area contributed by atoms with Crippen molar-refractivity contribution in [2.75, 3.05) is 42.9 Å². The van der Waals surface area contributed by atoms with E-state index >= 15 is 0 Å². The van der Waals surface area contributed by atoms with Gasteiger partial charge in [-0.1, -0.05) is 5.16 Å². The Morgan fingerprint density at radius 2 is 2.07 bits per heavy atom. The molecule has 0 spiro atoms. The van der Waals surface area contributed by atoms with Gasteiger partial charge in [0.25, 0.3) is 0 Å². The number of aryl methyl sites for hydroxylation is 1. The average molecular weight is 424 g/mol. The van der Waals surface area contributed by atoms with Crippen molar-refractivity contribution in [3.05, 3.63) is 40.8 Å². The van der Waals surface area contributed by atoms with Crippen molar-refractivity contribution in [3.8, 4) is 11.4 Å². The molecule has 1 N–H and O–H groups in total. The van der Waals surface area contributed by atoms with Crippen LogP contribution in [-0.4, -0.2) is 68.5 Å². The Labute approximate surface area is 176 Å². The Bertz CT molecular complexity index is 1160. The molecule has 0 aliphatic carbocycles. The number of carbonyl (C=O) groups excluding carboxylic acids is 1. The monoisotopic (exact) mass is 424 g/mol. The first-order valence-electron chi connectivity index (χ1n) is 9.61. The number of piperazine rings is 1. The summed E-state index contributed by atoms with van der Waals surface area (Å²) in [5.74, 6) is 2.64. The topological polar surface area (TPSA) is 105 Å². The molecule has 0 unspecified atom stereocenters. The second kappa shape index (κ2) is 7.84. The molecule has 154 valence electrons. The lowest BCUT2D eigenvalue weighted by Gasteiger charge is -2.34. The highest BCUT2D eigenvalue weighted by atomic mass is 32.1. The molecule has 5 heterocycles. The van der Waals surface area contributed by atoms with Gasteiger partial charge < -0.3 is 14.7 Å². The highest BCUT2D eigenvalue weighted by molar-refractivity contribution is 7.08. The molecule has 0 atom stereocenters. The molecule has 1 fully saturated rings. The molecule has 11 heteroatoms. The van der Waals surface area contributed by atoms with Crippen molar-refractivity contribution >= 4 is 34.5 Å². The quantitative estimate of drug-likeness (QED) is 0.518. The maximum absolute atomic E-state index is 12.2. The first-order valence-corrected chi connectivity index (χ1v) is 10.6. The standard InChI is InChI=1S/C19H20N8O2S/c1-13-10-15(24-29-13)20-18(28)11-25-5-7-26(8-6-25)17-3-2-16-21-22-19(27(16)23-17)14-4-9-30-12-14/h2-4,9-10,12H,5-8,11H2,1H3,(H,20,24,28). The van der Waals surface area contributed by atoms with E-state index in [1.807, 2.05) is 29.0 Å². The molecule has 1 aliphatic heterocycles. The lowest BCUT2D eigenvalue weighted by Crippen LogP contribution is -2.49. The van der Waals surface area contributed by atoms with Gasteiger partial charge in [0, 0.05) is 43.2 Å². The molecule has 0 saturated carbocycles. The van der Waals surface area contributed by atoms with Crippen molar-refractivity contribution < 1.29 is 9.32 Å². The van der Waals surface area contributed by atoms with Crippen LogP contribution >= 0.6 is 11.3 Å². The Balaban J connectivity index is 1.22. The fourth-order valence-electron chi connectivity index (χ4n) is 3.47. The normalized spacial score (nSPS) is 15.0. The molecule has 10 nitrogen and oxygen atoms in total. The summed E-state index contributed by atoms with van der Waals surface area (Å²) in [7, 11) is 0. The fourth-order valence-corrected chi connectivity index (χ4v) is 4.10. The molecule has 1 amide bonds. The first-order chi connectivity index (χ1) is 14.7. The Morgan fingerprint density at radius 1 is 1.20 bits per heavy atom. The van der Waals surface area contributed by atoms with Crippen LogP contribution in [0, 0.1) is 6.92 Å². The number of hydrogen-bond acceptors (Lipinski definition) is 9. The van der Waals surface area contributed by atoms with Gasteiger partial charge in [-0.25, -0.2) is 0 Å². The van der Waals surface area contributed by atoms with E-state index in [0.29, 0.717) is 18.1 Å². The van der Waals surface area contributed by atoms with Crippen molar-refractivity contribution in [2.45, 2.75) is 6.92 Å². The summed E-state index contributed by atoms with van der Waals surface area (Å²) in [6, 6.07) is 7.62. The Kier molecular flexibility index (Phi) is 4.89. The number of hydrogen-bond donors (Lipinski definition) is 1. The number of nitrogens with zero attached hydrogens (tertiary/aromatic N) is 7. The lowest BCUT2D eigenvalue weighted by molar-refractivity contribution is -0.117. The zero-order chi connectivity index (χ0) is 20.5. The smallest absolute Gasteiger partial charge is 0.239 e. The van der Waals surface area contributed by atoms with Crippen LogP contribution in [-0.2, 0) is 4.79 Å². The molecule has 30 heavy (non-hydrogen) atoms. The molecule has 5 rings (SSSR count). The van der Waals surface area contributed by atoms with Crippen LogP contribution in [0.1, 0.15) is 5.76 Å². The molecule has 4 aromatic rings. The second-order valence-electron chi connectivity index (χ2n) is 7.13. The zero-order valence-corrected chi connectivity index (χ0v) is 17.2. The third-order valence-electron chi connectivity index (χ3n) is 4.99. The Hall–Kier alpha value is -3.31. The van der Waals surface area contributed by atoms with Crippen LogP contribution in [0.4, 0.5) is 11.6 Å². The van der Waals surface area contributed by atoms with Gasteiger partial charge in [-0.2, -0.15) is 15.9 Å². The summed E-state index contributed by atoms with van der Waals surface area (Å²) in [6.45, 7) is 5.21. The minimum absolute atomic E-state index is 0.0961. The largest absolute Gasteiger partial charge is 0.360 e. The summed E-state index contributed by atoms with van der Waals surface area (Å²) in [6.07, 6.45) is 0. The van der Waals surface area contributed by atoms with Crippen LogP contribution in [0.25, 0.3) is 17.0 Å². The lowest BCUT2D eigenvalue weighted by atomic mass is 10.3. The molecular weight excluding hydrogens is 404 g/mol. The van der Waals surface area contributed by atoms with E-state index in [2.05, 4.69) is 30.5 Å². The maximum atomic E-state index is 12.2. The van der Waals surface area contributed by atoms with Gasteiger partial charge >= 0.3 is 0 Å². The van der Waals surface area contributed by atoms with Gasteiger partial charge in [0.2, 0.25) is 5.91 Å². The van der Waals surface area contributed by atoms with Gasteiger partial charge in [0.05, 0.1) is 6.54 Å². The molecular formula is C19H20N8O2S. The van der Waals surface area contributed by atoms with Crippen LogP contribution in [0.5, 0.6) is 0 Å². The van der Waals surface area contributed by atoms with E-state index in [-0.39, 0.29) is 5.91 Å². The van der Waals surface area contributed by atoms with Crippen molar-refractivity contribution in [2.24, 2.45) is 0 Å². The summed E-state index contributed by atoms with van der Waals surface area (Å²) in [4.78, 5) is 16.6. The number of fused-ring (bicyclic) bond motifs is 1. The van der Waals surface area contributed by atoms with E-state index in [1.54, 1.807) is 28.8 Å². The second-order valence-corrected chi connectivity index (χ2v) is 7.91. The highest BCUT2D eigenvalue weighted by Crippen LogP contribution is 2.22. The van der Waals surface area contributed by atoms with E-state index in [9.17, 15) is 4.79 Å². The van der Waals surface area contributed by atoms with Gasteiger partial charge in [-0.05, 0) is 30.5 Å². The van der Waals surface area contributed by atoms with Crippen LogP contribution in [0.15, 0.2) is 39.5 Å². The van der Waals surface area contributed by atoms with Crippen LogP contribution < -0.4 is 10.2 Å². The molecule has 0 bridgehead atoms. The predicted molar refractivity (Wildman–Crippen MR) is 113 cm³/mol. The number of thiophene rings is 1.